The molecular weight excluding hydrogens is 255 g/mol. The van der Waals surface area contributed by atoms with E-state index in [4.69, 9.17) is 0 Å². The fraction of sp³-hybridized carbons (Fsp3) is 0.143. The number of pyridine rings is 1. The Labute approximate surface area is 107 Å². The van der Waals surface area contributed by atoms with E-state index in [2.05, 4.69) is 4.98 Å². The molecule has 0 aliphatic carbocycles. The highest BCUT2D eigenvalue weighted by molar-refractivity contribution is 5.87. The molecule has 2 nitrogen and oxygen atoms in total. The van der Waals surface area contributed by atoms with Gasteiger partial charge in [-0.3, -0.25) is 9.78 Å². The SMILES string of the molecule is Cc1cc(-c2ccc(C(F)(F)F)cc2C=O)ccn1. The van der Waals surface area contributed by atoms with Gasteiger partial charge in [-0.05, 0) is 42.3 Å². The topological polar surface area (TPSA) is 30.0 Å². The first-order valence-corrected chi connectivity index (χ1v) is 5.51. The molecule has 0 saturated heterocycles. The second kappa shape index (κ2) is 4.84. The Bertz CT molecular complexity index is 620. The smallest absolute Gasteiger partial charge is 0.298 e. The molecule has 0 fully saturated rings. The first kappa shape index (κ1) is 13.3. The summed E-state index contributed by atoms with van der Waals surface area (Å²) in [5.41, 5.74) is 1.05. The van der Waals surface area contributed by atoms with Gasteiger partial charge in [0.05, 0.1) is 5.56 Å². The molecule has 0 N–H and O–H groups in total. The Morgan fingerprint density at radius 1 is 1.16 bits per heavy atom. The van der Waals surface area contributed by atoms with E-state index in [1.807, 2.05) is 0 Å². The lowest BCUT2D eigenvalue weighted by Crippen LogP contribution is -2.06. The van der Waals surface area contributed by atoms with E-state index >= 15 is 0 Å². The highest BCUT2D eigenvalue weighted by atomic mass is 19.4. The normalized spacial score (nSPS) is 11.4. The summed E-state index contributed by atoms with van der Waals surface area (Å²) >= 11 is 0. The molecule has 0 atom stereocenters. The first-order chi connectivity index (χ1) is 8.91. The maximum absolute atomic E-state index is 12.6. The summed E-state index contributed by atoms with van der Waals surface area (Å²) in [4.78, 5) is 15.0. The van der Waals surface area contributed by atoms with Gasteiger partial charge in [-0.25, -0.2) is 0 Å². The van der Waals surface area contributed by atoms with Crippen molar-refractivity contribution in [1.82, 2.24) is 4.98 Å². The third-order valence-corrected chi connectivity index (χ3v) is 2.71. The molecule has 0 saturated carbocycles. The summed E-state index contributed by atoms with van der Waals surface area (Å²) in [5.74, 6) is 0. The number of carbonyl (C=O) groups is 1. The lowest BCUT2D eigenvalue weighted by atomic mass is 9.98. The molecule has 1 aromatic heterocycles. The van der Waals surface area contributed by atoms with Gasteiger partial charge >= 0.3 is 6.18 Å². The minimum Gasteiger partial charge on any atom is -0.298 e. The van der Waals surface area contributed by atoms with Gasteiger partial charge in [-0.15, -0.1) is 0 Å². The molecule has 0 aliphatic heterocycles. The van der Waals surface area contributed by atoms with Crippen LogP contribution in [0.3, 0.4) is 0 Å². The summed E-state index contributed by atoms with van der Waals surface area (Å²) in [5, 5.41) is 0. The number of hydrogen-bond acceptors (Lipinski definition) is 2. The van der Waals surface area contributed by atoms with E-state index in [1.54, 1.807) is 25.3 Å². The van der Waals surface area contributed by atoms with Crippen molar-refractivity contribution in [3.8, 4) is 11.1 Å². The molecule has 0 unspecified atom stereocenters. The number of benzene rings is 1. The number of nitrogens with zero attached hydrogens (tertiary/aromatic N) is 1. The fourth-order valence-corrected chi connectivity index (χ4v) is 1.81. The van der Waals surface area contributed by atoms with Crippen LogP contribution in [0.2, 0.25) is 0 Å². The standard InChI is InChI=1S/C14H10F3NO/c1-9-6-10(4-5-18-9)13-3-2-12(14(15,16)17)7-11(13)8-19/h2-8H,1H3. The van der Waals surface area contributed by atoms with Crippen LogP contribution in [0, 0.1) is 6.92 Å². The van der Waals surface area contributed by atoms with Crippen LogP contribution in [0.5, 0.6) is 0 Å². The Morgan fingerprint density at radius 3 is 2.47 bits per heavy atom. The fourth-order valence-electron chi connectivity index (χ4n) is 1.81. The minimum absolute atomic E-state index is 0.0143. The monoisotopic (exact) mass is 265 g/mol. The molecule has 98 valence electrons. The van der Waals surface area contributed by atoms with Crippen molar-refractivity contribution in [2.45, 2.75) is 13.1 Å². The molecular formula is C14H10F3NO. The van der Waals surface area contributed by atoms with Gasteiger partial charge < -0.3 is 0 Å². The lowest BCUT2D eigenvalue weighted by Gasteiger charge is -2.10. The molecule has 2 aromatic rings. The summed E-state index contributed by atoms with van der Waals surface area (Å²) in [6.45, 7) is 1.77. The second-order valence-corrected chi connectivity index (χ2v) is 4.10. The Kier molecular flexibility index (Phi) is 3.38. The number of aromatic nitrogens is 1. The van der Waals surface area contributed by atoms with Crippen molar-refractivity contribution in [1.29, 1.82) is 0 Å². The van der Waals surface area contributed by atoms with Gasteiger partial charge in [-0.2, -0.15) is 13.2 Å². The van der Waals surface area contributed by atoms with Crippen molar-refractivity contribution < 1.29 is 18.0 Å². The Balaban J connectivity index is 2.56. The van der Waals surface area contributed by atoms with Gasteiger partial charge in [0.2, 0.25) is 0 Å². The van der Waals surface area contributed by atoms with Crippen LogP contribution in [0.25, 0.3) is 11.1 Å². The minimum atomic E-state index is -4.45. The van der Waals surface area contributed by atoms with Gasteiger partial charge in [0.25, 0.3) is 0 Å². The molecule has 1 heterocycles. The predicted molar refractivity (Wildman–Crippen MR) is 64.8 cm³/mol. The van der Waals surface area contributed by atoms with Crippen molar-refractivity contribution in [3.63, 3.8) is 0 Å². The van der Waals surface area contributed by atoms with Crippen molar-refractivity contribution in [2.24, 2.45) is 0 Å². The quantitative estimate of drug-likeness (QED) is 0.771. The molecule has 0 spiro atoms. The number of hydrogen-bond donors (Lipinski definition) is 0. The molecule has 1 aromatic carbocycles. The number of aryl methyl sites for hydroxylation is 1. The van der Waals surface area contributed by atoms with Crippen molar-refractivity contribution in [2.75, 3.05) is 0 Å². The van der Waals surface area contributed by atoms with Crippen LogP contribution >= 0.6 is 0 Å². The van der Waals surface area contributed by atoms with E-state index in [9.17, 15) is 18.0 Å². The van der Waals surface area contributed by atoms with Crippen LogP contribution < -0.4 is 0 Å². The summed E-state index contributed by atoms with van der Waals surface area (Å²) < 4.78 is 37.7. The average Bonchev–Trinajstić information content (AvgIpc) is 2.37. The van der Waals surface area contributed by atoms with Crippen LogP contribution in [0.4, 0.5) is 13.2 Å². The number of aldehydes is 1. The van der Waals surface area contributed by atoms with E-state index in [-0.39, 0.29) is 5.56 Å². The zero-order chi connectivity index (χ0) is 14.0. The molecule has 5 heteroatoms. The molecule has 0 bridgehead atoms. The summed E-state index contributed by atoms with van der Waals surface area (Å²) in [7, 11) is 0. The van der Waals surface area contributed by atoms with E-state index in [0.29, 0.717) is 17.4 Å². The van der Waals surface area contributed by atoms with Crippen molar-refractivity contribution in [3.05, 3.63) is 53.3 Å². The van der Waals surface area contributed by atoms with Crippen LogP contribution in [-0.4, -0.2) is 11.3 Å². The molecule has 2 rings (SSSR count). The molecule has 0 aliphatic rings. The van der Waals surface area contributed by atoms with Gasteiger partial charge in [-0.1, -0.05) is 6.07 Å². The van der Waals surface area contributed by atoms with Crippen LogP contribution in [-0.2, 0) is 6.18 Å². The Morgan fingerprint density at radius 2 is 1.89 bits per heavy atom. The predicted octanol–water partition coefficient (Wildman–Crippen LogP) is 3.89. The largest absolute Gasteiger partial charge is 0.416 e. The number of alkyl halides is 3. The lowest BCUT2D eigenvalue weighted by molar-refractivity contribution is -0.137. The van der Waals surface area contributed by atoms with E-state index in [0.717, 1.165) is 17.8 Å². The highest BCUT2D eigenvalue weighted by Gasteiger charge is 2.31. The average molecular weight is 265 g/mol. The first-order valence-electron chi connectivity index (χ1n) is 5.51. The summed E-state index contributed by atoms with van der Waals surface area (Å²) in [6, 6.07) is 6.51. The zero-order valence-corrected chi connectivity index (χ0v) is 10.0. The van der Waals surface area contributed by atoms with E-state index < -0.39 is 11.7 Å². The second-order valence-electron chi connectivity index (χ2n) is 4.10. The van der Waals surface area contributed by atoms with Gasteiger partial charge in [0.15, 0.2) is 6.29 Å². The van der Waals surface area contributed by atoms with Crippen LogP contribution in [0.1, 0.15) is 21.6 Å². The van der Waals surface area contributed by atoms with Crippen molar-refractivity contribution >= 4 is 6.29 Å². The van der Waals surface area contributed by atoms with Gasteiger partial charge in [0, 0.05) is 17.5 Å². The zero-order valence-electron chi connectivity index (χ0n) is 10.0. The highest BCUT2D eigenvalue weighted by Crippen LogP contribution is 2.32. The van der Waals surface area contributed by atoms with Gasteiger partial charge in [0.1, 0.15) is 0 Å². The third kappa shape index (κ3) is 2.81. The Hall–Kier alpha value is -2.17. The van der Waals surface area contributed by atoms with Crippen LogP contribution in [0.15, 0.2) is 36.5 Å². The third-order valence-electron chi connectivity index (χ3n) is 2.71. The number of carbonyl (C=O) groups excluding carboxylic acids is 1. The van der Waals surface area contributed by atoms with E-state index in [1.165, 1.54) is 6.07 Å². The summed E-state index contributed by atoms with van der Waals surface area (Å²) in [6.07, 6.45) is -2.47. The molecule has 0 amide bonds. The maximum atomic E-state index is 12.6. The molecule has 0 radical (unpaired) electrons. The molecule has 19 heavy (non-hydrogen) atoms. The number of halogens is 3. The maximum Gasteiger partial charge on any atom is 0.416 e. The number of rotatable bonds is 2.